The van der Waals surface area contributed by atoms with Crippen molar-refractivity contribution >= 4 is 5.97 Å². The summed E-state index contributed by atoms with van der Waals surface area (Å²) in [6.07, 6.45) is 5.01. The fourth-order valence-corrected chi connectivity index (χ4v) is 2.39. The molecule has 0 aromatic carbocycles. The molecule has 1 saturated carbocycles. The van der Waals surface area contributed by atoms with E-state index in [9.17, 15) is 4.79 Å². The Kier molecular flexibility index (Phi) is 3.82. The third kappa shape index (κ3) is 3.19. The molecule has 1 heterocycles. The normalized spacial score (nSPS) is 28.9. The van der Waals surface area contributed by atoms with Crippen LogP contribution in [0.3, 0.4) is 0 Å². The van der Waals surface area contributed by atoms with Crippen molar-refractivity contribution in [1.82, 2.24) is 10.2 Å². The number of carboxylic acid groups (broad SMARTS) is 1. The molecule has 16 heavy (non-hydrogen) atoms. The molecule has 0 aromatic rings. The smallest absolute Gasteiger partial charge is 0.320 e. The Balaban J connectivity index is 1.75. The van der Waals surface area contributed by atoms with E-state index in [1.807, 2.05) is 0 Å². The van der Waals surface area contributed by atoms with Gasteiger partial charge in [0.05, 0.1) is 0 Å². The zero-order chi connectivity index (χ0) is 11.5. The van der Waals surface area contributed by atoms with Crippen LogP contribution in [-0.4, -0.2) is 47.7 Å². The van der Waals surface area contributed by atoms with Crippen molar-refractivity contribution in [3.05, 3.63) is 0 Å². The molecule has 2 atom stereocenters. The maximum Gasteiger partial charge on any atom is 0.320 e. The van der Waals surface area contributed by atoms with Gasteiger partial charge < -0.3 is 10.4 Å². The molecular weight excluding hydrogens is 204 g/mol. The van der Waals surface area contributed by atoms with Crippen LogP contribution in [0.4, 0.5) is 0 Å². The fraction of sp³-hybridized carbons (Fsp3) is 0.917. The predicted molar refractivity (Wildman–Crippen MR) is 62.4 cm³/mol. The summed E-state index contributed by atoms with van der Waals surface area (Å²) in [6.45, 7) is 4.73. The van der Waals surface area contributed by atoms with E-state index in [1.165, 1.54) is 19.3 Å². The third-order valence-corrected chi connectivity index (χ3v) is 3.73. The number of hydrogen-bond acceptors (Lipinski definition) is 3. The Morgan fingerprint density at radius 1 is 1.50 bits per heavy atom. The molecule has 92 valence electrons. The van der Waals surface area contributed by atoms with Crippen LogP contribution in [0.25, 0.3) is 0 Å². The standard InChI is InChI=1S/C12H22N2O2/c1-9(12(15)16)14-6-2-3-10(8-14)7-13-11-4-5-11/h9-11,13H,2-8H2,1H3,(H,15,16). The molecule has 0 radical (unpaired) electrons. The van der Waals surface area contributed by atoms with E-state index < -0.39 is 5.97 Å². The van der Waals surface area contributed by atoms with Crippen LogP contribution in [0.1, 0.15) is 32.6 Å². The monoisotopic (exact) mass is 226 g/mol. The molecule has 4 heteroatoms. The van der Waals surface area contributed by atoms with Gasteiger partial charge in [-0.3, -0.25) is 9.69 Å². The first-order chi connectivity index (χ1) is 7.66. The van der Waals surface area contributed by atoms with Gasteiger partial charge in [0.25, 0.3) is 0 Å². The molecule has 2 unspecified atom stereocenters. The van der Waals surface area contributed by atoms with Crippen molar-refractivity contribution in [2.75, 3.05) is 19.6 Å². The summed E-state index contributed by atoms with van der Waals surface area (Å²) in [6, 6.07) is 0.427. The van der Waals surface area contributed by atoms with Crippen LogP contribution in [0.5, 0.6) is 0 Å². The first-order valence-electron chi connectivity index (χ1n) is 6.37. The summed E-state index contributed by atoms with van der Waals surface area (Å²) >= 11 is 0. The molecule has 2 fully saturated rings. The van der Waals surface area contributed by atoms with Gasteiger partial charge in [-0.2, -0.15) is 0 Å². The molecule has 0 aromatic heterocycles. The van der Waals surface area contributed by atoms with Gasteiger partial charge in [-0.1, -0.05) is 0 Å². The molecule has 4 nitrogen and oxygen atoms in total. The highest BCUT2D eigenvalue weighted by molar-refractivity contribution is 5.72. The largest absolute Gasteiger partial charge is 0.480 e. The number of piperidine rings is 1. The van der Waals surface area contributed by atoms with Crippen molar-refractivity contribution in [2.45, 2.75) is 44.7 Å². The molecule has 2 aliphatic rings. The zero-order valence-corrected chi connectivity index (χ0v) is 9.98. The molecule has 2 N–H and O–H groups in total. The van der Waals surface area contributed by atoms with E-state index in [0.29, 0.717) is 5.92 Å². The summed E-state index contributed by atoms with van der Waals surface area (Å²) in [7, 11) is 0. The van der Waals surface area contributed by atoms with Crippen LogP contribution in [0.15, 0.2) is 0 Å². The molecular formula is C12H22N2O2. The summed E-state index contributed by atoms with van der Waals surface area (Å²) < 4.78 is 0. The zero-order valence-electron chi connectivity index (χ0n) is 9.98. The van der Waals surface area contributed by atoms with Crippen molar-refractivity contribution in [2.24, 2.45) is 5.92 Å². The number of carbonyl (C=O) groups is 1. The minimum atomic E-state index is -0.698. The number of rotatable bonds is 5. The highest BCUT2D eigenvalue weighted by Gasteiger charge is 2.28. The summed E-state index contributed by atoms with van der Waals surface area (Å²) in [4.78, 5) is 13.0. The summed E-state index contributed by atoms with van der Waals surface area (Å²) in [5.74, 6) is -0.0630. The molecule has 1 saturated heterocycles. The lowest BCUT2D eigenvalue weighted by Gasteiger charge is -2.35. The van der Waals surface area contributed by atoms with Gasteiger partial charge in [-0.05, 0) is 51.6 Å². The Labute approximate surface area is 97.0 Å². The molecule has 0 amide bonds. The lowest BCUT2D eigenvalue weighted by atomic mass is 9.97. The van der Waals surface area contributed by atoms with E-state index in [-0.39, 0.29) is 6.04 Å². The second-order valence-electron chi connectivity index (χ2n) is 5.20. The van der Waals surface area contributed by atoms with Gasteiger partial charge in [0.2, 0.25) is 0 Å². The molecule has 1 aliphatic carbocycles. The lowest BCUT2D eigenvalue weighted by molar-refractivity contribution is -0.143. The molecule has 0 bridgehead atoms. The Bertz CT molecular complexity index is 253. The quantitative estimate of drug-likeness (QED) is 0.732. The second kappa shape index (κ2) is 5.15. The fourth-order valence-electron chi connectivity index (χ4n) is 2.39. The number of aliphatic carboxylic acids is 1. The number of hydrogen-bond donors (Lipinski definition) is 2. The Hall–Kier alpha value is -0.610. The molecule has 2 rings (SSSR count). The topological polar surface area (TPSA) is 52.6 Å². The van der Waals surface area contributed by atoms with Crippen LogP contribution >= 0.6 is 0 Å². The number of nitrogens with one attached hydrogen (secondary N) is 1. The van der Waals surface area contributed by atoms with Crippen molar-refractivity contribution in [3.8, 4) is 0 Å². The lowest BCUT2D eigenvalue weighted by Crippen LogP contribution is -2.47. The minimum absolute atomic E-state index is 0.330. The second-order valence-corrected chi connectivity index (χ2v) is 5.20. The first kappa shape index (κ1) is 11.9. The van der Waals surface area contributed by atoms with Crippen molar-refractivity contribution in [3.63, 3.8) is 0 Å². The number of carboxylic acids is 1. The third-order valence-electron chi connectivity index (χ3n) is 3.73. The van der Waals surface area contributed by atoms with Crippen molar-refractivity contribution < 1.29 is 9.90 Å². The van der Waals surface area contributed by atoms with Crippen molar-refractivity contribution in [1.29, 1.82) is 0 Å². The van der Waals surface area contributed by atoms with Gasteiger partial charge in [-0.15, -0.1) is 0 Å². The minimum Gasteiger partial charge on any atom is -0.480 e. The predicted octanol–water partition coefficient (Wildman–Crippen LogP) is 0.923. The van der Waals surface area contributed by atoms with Gasteiger partial charge in [0.1, 0.15) is 6.04 Å². The number of nitrogens with zero attached hydrogens (tertiary/aromatic N) is 1. The maximum atomic E-state index is 10.9. The van der Waals surface area contributed by atoms with E-state index >= 15 is 0 Å². The Morgan fingerprint density at radius 3 is 2.88 bits per heavy atom. The molecule has 1 aliphatic heterocycles. The highest BCUT2D eigenvalue weighted by Crippen LogP contribution is 2.22. The summed E-state index contributed by atoms with van der Waals surface area (Å²) in [5.41, 5.74) is 0. The van der Waals surface area contributed by atoms with Gasteiger partial charge in [0.15, 0.2) is 0 Å². The van der Waals surface area contributed by atoms with E-state index in [2.05, 4.69) is 10.2 Å². The van der Waals surface area contributed by atoms with Gasteiger partial charge in [0, 0.05) is 12.6 Å². The average Bonchev–Trinajstić information content (AvgIpc) is 3.09. The van der Waals surface area contributed by atoms with Gasteiger partial charge >= 0.3 is 5.97 Å². The van der Waals surface area contributed by atoms with Crippen LogP contribution in [-0.2, 0) is 4.79 Å². The first-order valence-corrected chi connectivity index (χ1v) is 6.37. The highest BCUT2D eigenvalue weighted by atomic mass is 16.4. The van der Waals surface area contributed by atoms with E-state index in [1.54, 1.807) is 6.92 Å². The van der Waals surface area contributed by atoms with Crippen LogP contribution in [0, 0.1) is 5.92 Å². The number of likely N-dealkylation sites (tertiary alicyclic amines) is 1. The van der Waals surface area contributed by atoms with E-state index in [0.717, 1.165) is 32.1 Å². The van der Waals surface area contributed by atoms with Crippen LogP contribution < -0.4 is 5.32 Å². The van der Waals surface area contributed by atoms with E-state index in [4.69, 9.17) is 5.11 Å². The van der Waals surface area contributed by atoms with Gasteiger partial charge in [-0.25, -0.2) is 0 Å². The summed E-state index contributed by atoms with van der Waals surface area (Å²) in [5, 5.41) is 12.5. The average molecular weight is 226 g/mol. The maximum absolute atomic E-state index is 10.9. The Morgan fingerprint density at radius 2 is 2.25 bits per heavy atom. The van der Waals surface area contributed by atoms with Crippen LogP contribution in [0.2, 0.25) is 0 Å². The SMILES string of the molecule is CC(C(=O)O)N1CCCC(CNC2CC2)C1. The molecule has 0 spiro atoms.